The molecule has 0 aromatic rings. The number of rotatable bonds is 2. The van der Waals surface area contributed by atoms with E-state index in [1.807, 2.05) is 4.40 Å². The summed E-state index contributed by atoms with van der Waals surface area (Å²) in [6.07, 6.45) is 1.54. The van der Waals surface area contributed by atoms with E-state index in [4.69, 9.17) is 6.58 Å². The van der Waals surface area contributed by atoms with Gasteiger partial charge < -0.3 is 0 Å². The molecule has 0 nitrogen and oxygen atoms in total. The molecule has 0 heterocycles. The van der Waals surface area contributed by atoms with Gasteiger partial charge in [-0.3, -0.25) is 0 Å². The van der Waals surface area contributed by atoms with Gasteiger partial charge in [-0.2, -0.15) is 0 Å². The summed E-state index contributed by atoms with van der Waals surface area (Å²) in [5.74, 6) is 0.606. The van der Waals surface area contributed by atoms with Gasteiger partial charge in [-0.25, -0.2) is 0 Å². The van der Waals surface area contributed by atoms with Crippen LogP contribution in [0, 0.1) is 12.5 Å². The molecule has 0 saturated heterocycles. The minimum atomic E-state index is 0.606. The zero-order chi connectivity index (χ0) is 7.70. The van der Waals surface area contributed by atoms with Crippen molar-refractivity contribution in [2.45, 2.75) is 13.8 Å². The van der Waals surface area contributed by atoms with Gasteiger partial charge in [0.2, 0.25) is 0 Å². The Morgan fingerprint density at radius 3 is 1.89 bits per heavy atom. The fourth-order valence-electron chi connectivity index (χ4n) is 0. The van der Waals surface area contributed by atoms with E-state index in [0.29, 0.717) is 5.92 Å². The summed E-state index contributed by atoms with van der Waals surface area (Å²) in [5.41, 5.74) is 0. The molecule has 0 aliphatic heterocycles. The van der Waals surface area contributed by atoms with Crippen LogP contribution >= 0.6 is 0 Å². The Balaban J connectivity index is 0. The zero-order valence-corrected chi connectivity index (χ0v) is 9.99. The molecule has 0 N–H and O–H groups in total. The van der Waals surface area contributed by atoms with Gasteiger partial charge in [0.1, 0.15) is 0 Å². The van der Waals surface area contributed by atoms with Gasteiger partial charge >= 0.3 is 77.9 Å². The van der Waals surface area contributed by atoms with Crippen LogP contribution in [-0.4, -0.2) is 9.13 Å². The predicted octanol–water partition coefficient (Wildman–Crippen LogP) is 1.19. The predicted molar refractivity (Wildman–Crippen MR) is 34.8 cm³/mol. The van der Waals surface area contributed by atoms with Crippen molar-refractivity contribution in [2.75, 3.05) is 0 Å². The summed E-state index contributed by atoms with van der Waals surface area (Å²) in [5, 5.41) is 0. The molecular formula is C7H10VW-2. The Morgan fingerprint density at radius 2 is 1.89 bits per heavy atom. The van der Waals surface area contributed by atoms with Gasteiger partial charge in [-0.05, 0) is 0 Å². The Kier molecular flexibility index (Phi) is 15.9. The summed E-state index contributed by atoms with van der Waals surface area (Å²) >= 11 is 3.72. The van der Waals surface area contributed by atoms with Crippen molar-refractivity contribution in [2.24, 2.45) is 5.92 Å². The molecule has 0 saturated carbocycles. The zero-order valence-electron chi connectivity index (χ0n) is 5.66. The van der Waals surface area contributed by atoms with E-state index in [0.717, 1.165) is 0 Å². The van der Waals surface area contributed by atoms with Crippen LogP contribution < -0.4 is 0 Å². The molecule has 0 bridgehead atoms. The molecule has 9 heavy (non-hydrogen) atoms. The molecule has 0 aliphatic rings. The molecular weight excluding hydrogens is 319 g/mol. The van der Waals surface area contributed by atoms with E-state index < -0.39 is 0 Å². The molecule has 0 aromatic carbocycles. The molecule has 0 amide bonds. The normalized spacial score (nSPS) is 6.89. The monoisotopic (exact) mass is 329 g/mol. The van der Waals surface area contributed by atoms with Crippen LogP contribution in [0.1, 0.15) is 13.8 Å². The second kappa shape index (κ2) is 11.5. The van der Waals surface area contributed by atoms with Crippen molar-refractivity contribution in [1.82, 2.24) is 0 Å². The van der Waals surface area contributed by atoms with Crippen LogP contribution in [0.4, 0.5) is 0 Å². The fourth-order valence-corrected chi connectivity index (χ4v) is 0. The van der Waals surface area contributed by atoms with Gasteiger partial charge in [0.25, 0.3) is 0 Å². The molecule has 0 spiro atoms. The Labute approximate surface area is 77.6 Å². The average Bonchev–Trinajstić information content (AvgIpc) is 1.89. The maximum absolute atomic E-state index is 4.87. The van der Waals surface area contributed by atoms with Crippen molar-refractivity contribution in [1.29, 1.82) is 0 Å². The summed E-state index contributed by atoms with van der Waals surface area (Å²) < 4.78 is 4.83. The third kappa shape index (κ3) is 28.3. The summed E-state index contributed by atoms with van der Waals surface area (Å²) in [7, 11) is 0. The van der Waals surface area contributed by atoms with Crippen molar-refractivity contribution < 1.29 is 36.3 Å². The minimum absolute atomic E-state index is 0.606. The van der Waals surface area contributed by atoms with E-state index in [1.165, 1.54) is 25.4 Å². The topological polar surface area (TPSA) is 0 Å². The van der Waals surface area contributed by atoms with Gasteiger partial charge in [0.05, 0.1) is 0 Å². The first kappa shape index (κ1) is 12.4. The molecule has 0 atom stereocenters. The average molecular weight is 329 g/mol. The Morgan fingerprint density at radius 1 is 1.67 bits per heavy atom. The standard InChI is InChI=1S/C4H7.C3H3.V.W/c1-4(2)3;1-3-2;;/h4H,1-2H3;1-3H;;/q2*-1;;. The first-order valence-electron chi connectivity index (χ1n) is 2.57. The van der Waals surface area contributed by atoms with Crippen molar-refractivity contribution in [3.63, 3.8) is 0 Å². The second-order valence-electron chi connectivity index (χ2n) is 1.61. The van der Waals surface area contributed by atoms with E-state index >= 15 is 0 Å². The van der Waals surface area contributed by atoms with Crippen LogP contribution in [-0.2, 0) is 36.3 Å². The molecule has 51 valence electrons. The van der Waals surface area contributed by atoms with Gasteiger partial charge in [0, 0.05) is 0 Å². The van der Waals surface area contributed by atoms with Gasteiger partial charge in [-0.1, -0.05) is 0 Å². The molecule has 0 aromatic heterocycles. The van der Waals surface area contributed by atoms with E-state index in [9.17, 15) is 0 Å². The quantitative estimate of drug-likeness (QED) is 0.668. The summed E-state index contributed by atoms with van der Waals surface area (Å²) in [6, 6.07) is 0. The van der Waals surface area contributed by atoms with Crippen LogP contribution in [0.25, 0.3) is 0 Å². The molecule has 0 aliphatic carbocycles. The van der Waals surface area contributed by atoms with Crippen LogP contribution in [0.3, 0.4) is 0 Å². The number of hydrogen-bond donors (Lipinski definition) is 0. The van der Waals surface area contributed by atoms with Gasteiger partial charge in [-0.15, -0.1) is 0 Å². The number of hydrogen-bond acceptors (Lipinski definition) is 0. The fraction of sp³-hybridized carbons (Fsp3) is 0.429. The first-order chi connectivity index (χ1) is 4.18. The summed E-state index contributed by atoms with van der Waals surface area (Å²) in [4.78, 5) is 0. The van der Waals surface area contributed by atoms with Crippen molar-refractivity contribution in [3.8, 4) is 0 Å². The van der Waals surface area contributed by atoms with Crippen LogP contribution in [0.2, 0.25) is 0 Å². The van der Waals surface area contributed by atoms with Crippen LogP contribution in [0.15, 0.2) is 6.08 Å². The second-order valence-corrected chi connectivity index (χ2v) is 2.99. The van der Waals surface area contributed by atoms with Crippen LogP contribution in [0.5, 0.6) is 0 Å². The molecule has 0 unspecified atom stereocenters. The third-order valence-electron chi connectivity index (χ3n) is 0.337. The SMILES string of the molecule is CC(C)[C-]=[V].[CH-]=C[CH]=[W]. The van der Waals surface area contributed by atoms with E-state index in [-0.39, 0.29) is 0 Å². The van der Waals surface area contributed by atoms with E-state index in [1.54, 1.807) is 0 Å². The molecule has 0 radical (unpaired) electrons. The van der Waals surface area contributed by atoms with Crippen molar-refractivity contribution >= 4 is 9.13 Å². The van der Waals surface area contributed by atoms with E-state index in [2.05, 4.69) is 35.6 Å². The number of allylic oxidation sites excluding steroid dienone is 1. The maximum atomic E-state index is 4.87. The first-order valence-corrected chi connectivity index (χ1v) is 4.96. The third-order valence-corrected chi connectivity index (χ3v) is 1.71. The Bertz CT molecular complexity index is 80.9. The molecule has 0 rings (SSSR count). The molecule has 0 fully saturated rings. The van der Waals surface area contributed by atoms with Crippen molar-refractivity contribution in [3.05, 3.63) is 12.7 Å². The summed E-state index contributed by atoms with van der Waals surface area (Å²) in [6.45, 7) is 9.06. The molecule has 2 heteroatoms. The van der Waals surface area contributed by atoms with Gasteiger partial charge in [0.15, 0.2) is 0 Å². The Hall–Kier alpha value is 0.753.